The highest BCUT2D eigenvalue weighted by atomic mass is 28.5. The Labute approximate surface area is 533 Å². The molecule has 8 heterocycles. The first-order valence-electron chi connectivity index (χ1n) is 31.7. The van der Waals surface area contributed by atoms with Crippen molar-refractivity contribution in [3.8, 4) is 0 Å². The van der Waals surface area contributed by atoms with Crippen LogP contribution in [-0.2, 0) is 35.4 Å². The van der Waals surface area contributed by atoms with Gasteiger partial charge in [0, 0.05) is 30.6 Å². The molecule has 8 atom stereocenters. The Bertz CT molecular complexity index is 3420. The van der Waals surface area contributed by atoms with Crippen molar-refractivity contribution in [3.05, 3.63) is 110 Å². The van der Waals surface area contributed by atoms with Crippen LogP contribution in [-0.4, -0.2) is 156 Å². The smallest absolute Gasteiger partial charge is 0.335 e. The number of carbonyl (C=O) groups excluding carboxylic acids is 2. The maximum Gasteiger partial charge on any atom is 0.335 e. The lowest BCUT2D eigenvalue weighted by Crippen LogP contribution is -2.67. The van der Waals surface area contributed by atoms with Gasteiger partial charge in [-0.2, -0.15) is 0 Å². The number of aromatic nitrogens is 8. The SMILES string of the molecule is C=CC[C@]1(O)[C@@H]2O[Si](C(C)C)(C(C)C)O[Si](C(C)C)(C(C)C)OC[C@H]2O[C@H]1n1cnc2c(NC(=O)c3ccccc3)ncnc21.CC(C)[Si]1(C(C)C)OC[C@H]2O[C@@H](n3cnc4c(NC(=O)c5ccccc5)ncnc43)[C@](O)(CCO)[C@@H]2O[Si](C(C)C)(C(C)C)O1. The molecule has 5 N–H and O–H groups in total. The number of nitrogens with one attached hydrogen (secondary N) is 2. The Hall–Kier alpha value is -5.35. The van der Waals surface area contributed by atoms with Crippen molar-refractivity contribution in [2.45, 2.75) is 216 Å². The van der Waals surface area contributed by atoms with E-state index in [0.29, 0.717) is 33.5 Å². The third kappa shape index (κ3) is 12.4. The quantitative estimate of drug-likeness (QED) is 0.0395. The summed E-state index contributed by atoms with van der Waals surface area (Å²) < 4.78 is 59.6. The van der Waals surface area contributed by atoms with Gasteiger partial charge in [0.05, 0.1) is 25.9 Å². The largest absolute Gasteiger partial charge is 0.414 e. The summed E-state index contributed by atoms with van der Waals surface area (Å²) in [4.78, 5) is 52.5. The fourth-order valence-electron chi connectivity index (χ4n) is 13.8. The molecule has 4 aliphatic rings. The molecule has 0 unspecified atom stereocenters. The summed E-state index contributed by atoms with van der Waals surface area (Å²) in [5.41, 5.74) is 0.0605. The van der Waals surface area contributed by atoms with Crippen LogP contribution in [0.1, 0.15) is 157 Å². The van der Waals surface area contributed by atoms with Gasteiger partial charge in [-0.15, -0.1) is 6.58 Å². The number of nitrogens with zero attached hydrogens (tertiary/aromatic N) is 8. The van der Waals surface area contributed by atoms with Crippen LogP contribution in [0, 0.1) is 0 Å². The summed E-state index contributed by atoms with van der Waals surface area (Å²) in [5.74, 6) is -0.172. The van der Waals surface area contributed by atoms with Crippen LogP contribution in [0.5, 0.6) is 0 Å². The highest BCUT2D eigenvalue weighted by Crippen LogP contribution is 2.54. The van der Waals surface area contributed by atoms with Crippen molar-refractivity contribution in [1.29, 1.82) is 0 Å². The molecule has 4 aromatic heterocycles. The Morgan fingerprint density at radius 1 is 0.556 bits per heavy atom. The van der Waals surface area contributed by atoms with E-state index in [1.807, 2.05) is 12.1 Å². The molecule has 23 nitrogen and oxygen atoms in total. The number of anilines is 2. The van der Waals surface area contributed by atoms with Gasteiger partial charge in [0.2, 0.25) is 0 Å². The van der Waals surface area contributed by atoms with E-state index in [2.05, 4.69) is 158 Å². The summed E-state index contributed by atoms with van der Waals surface area (Å²) in [6, 6.07) is 17.7. The molecule has 2 aromatic carbocycles. The molecular formula is C63H94N10O13Si4. The van der Waals surface area contributed by atoms with E-state index in [-0.39, 0.29) is 100 Å². The molecule has 490 valence electrons. The van der Waals surface area contributed by atoms with Gasteiger partial charge in [0.25, 0.3) is 11.8 Å². The number of hydrogen-bond donors (Lipinski definition) is 5. The fraction of sp³-hybridized carbons (Fsp3) is 0.587. The predicted molar refractivity (Wildman–Crippen MR) is 351 cm³/mol. The highest BCUT2D eigenvalue weighted by Gasteiger charge is 2.68. The summed E-state index contributed by atoms with van der Waals surface area (Å²) in [6.07, 6.45) is 2.77. The number of aliphatic hydroxyl groups excluding tert-OH is 1. The monoisotopic (exact) mass is 1310 g/mol. The van der Waals surface area contributed by atoms with E-state index in [0.717, 1.165) is 0 Å². The van der Waals surface area contributed by atoms with Crippen molar-refractivity contribution in [1.82, 2.24) is 39.0 Å². The Morgan fingerprint density at radius 2 is 0.911 bits per heavy atom. The van der Waals surface area contributed by atoms with Gasteiger partial charge in [-0.3, -0.25) is 18.7 Å². The molecule has 4 saturated heterocycles. The highest BCUT2D eigenvalue weighted by molar-refractivity contribution is 6.84. The zero-order valence-electron chi connectivity index (χ0n) is 55.0. The van der Waals surface area contributed by atoms with Crippen molar-refractivity contribution in [2.24, 2.45) is 0 Å². The average molecular weight is 1310 g/mol. The van der Waals surface area contributed by atoms with E-state index in [4.69, 9.17) is 35.4 Å². The summed E-state index contributed by atoms with van der Waals surface area (Å²) in [5, 5.41) is 41.1. The minimum absolute atomic E-state index is 0.0290. The second-order valence-electron chi connectivity index (χ2n) is 26.8. The van der Waals surface area contributed by atoms with Crippen molar-refractivity contribution >= 4 is 80.0 Å². The lowest BCUT2D eigenvalue weighted by atomic mass is 9.90. The maximum atomic E-state index is 12.9. The van der Waals surface area contributed by atoms with Crippen molar-refractivity contribution < 1.29 is 60.3 Å². The molecule has 90 heavy (non-hydrogen) atoms. The normalized spacial score (nSPS) is 26.3. The van der Waals surface area contributed by atoms with Crippen LogP contribution >= 0.6 is 0 Å². The van der Waals surface area contributed by atoms with Gasteiger partial charge in [-0.05, 0) is 68.6 Å². The van der Waals surface area contributed by atoms with E-state index >= 15 is 0 Å². The van der Waals surface area contributed by atoms with E-state index < -0.39 is 82.3 Å². The third-order valence-electron chi connectivity index (χ3n) is 18.5. The number of amides is 2. The minimum Gasteiger partial charge on any atom is -0.414 e. The van der Waals surface area contributed by atoms with Crippen LogP contribution in [0.4, 0.5) is 11.6 Å². The summed E-state index contributed by atoms with van der Waals surface area (Å²) >= 11 is 0. The Kier molecular flexibility index (Phi) is 20.9. The molecule has 0 spiro atoms. The topological polar surface area (TPSA) is 280 Å². The van der Waals surface area contributed by atoms with Crippen LogP contribution in [0.2, 0.25) is 44.3 Å². The molecule has 6 aromatic rings. The van der Waals surface area contributed by atoms with Gasteiger partial charge in [0.1, 0.15) is 48.3 Å². The maximum absolute atomic E-state index is 12.9. The number of benzene rings is 2. The summed E-state index contributed by atoms with van der Waals surface area (Å²) in [6.45, 7) is 38.4. The van der Waals surface area contributed by atoms with Gasteiger partial charge < -0.3 is 61.4 Å². The number of fused-ring (bicyclic) bond motifs is 4. The van der Waals surface area contributed by atoms with Crippen LogP contribution in [0.25, 0.3) is 22.3 Å². The zero-order chi connectivity index (χ0) is 65.5. The molecule has 10 rings (SSSR count). The fourth-order valence-corrected chi connectivity index (χ4v) is 36.3. The Morgan fingerprint density at radius 3 is 1.26 bits per heavy atom. The second-order valence-corrected chi connectivity index (χ2v) is 44.5. The number of ether oxygens (including phenoxy) is 2. The molecule has 4 fully saturated rings. The predicted octanol–water partition coefficient (Wildman–Crippen LogP) is 11.3. The van der Waals surface area contributed by atoms with Crippen molar-refractivity contribution in [2.75, 3.05) is 30.5 Å². The van der Waals surface area contributed by atoms with Crippen LogP contribution in [0.15, 0.2) is 98.6 Å². The summed E-state index contributed by atoms with van der Waals surface area (Å²) in [7, 11) is -11.8. The lowest BCUT2D eigenvalue weighted by molar-refractivity contribution is -0.116. The number of rotatable bonds is 18. The van der Waals surface area contributed by atoms with E-state index in [1.165, 1.54) is 19.0 Å². The second kappa shape index (κ2) is 27.3. The number of hydrogen-bond acceptors (Lipinski definition) is 19. The van der Waals surface area contributed by atoms with Gasteiger partial charge >= 0.3 is 34.2 Å². The van der Waals surface area contributed by atoms with Crippen LogP contribution in [0.3, 0.4) is 0 Å². The van der Waals surface area contributed by atoms with Gasteiger partial charge in [-0.25, -0.2) is 29.9 Å². The minimum atomic E-state index is -3.10. The number of carbonyl (C=O) groups is 2. The standard InChI is InChI=1S/C32H47N5O6Si2.C31H47N5O7Si2/c1-10-16-32(39)27-25(17-40-44(20(2)3,21(4)5)43-45(42-27,22(6)7)23(8)9)41-31(32)37-19-35-26-28(33-18-34-29(26)37)36-30(38)24-14-12-11-13-15-24;1-19(2)44(20(3)4)40-16-24-26(42-45(43-44,21(5)6)22(7)8)31(39,14-15-37)30(41-24)36-18-34-25-27(32-17-33-28(25)36)35-29(38)23-12-10-9-11-13-23/h10-15,18-23,25,27,31,39H,1,16-17H2,2-9H3,(H,33,34,36,38);9-13,17-22,24,26,30,37,39H,14-16H2,1-8H3,(H,32,33,35,38)/t25-,27-,31-,32+;24-,26-,30-,31+/m11/s1. The third-order valence-corrected chi connectivity index (χ3v) is 39.0. The molecule has 0 radical (unpaired) electrons. The molecule has 0 aliphatic carbocycles. The van der Waals surface area contributed by atoms with Crippen molar-refractivity contribution in [3.63, 3.8) is 0 Å². The average Bonchev–Trinajstić information content (AvgIpc) is 1.53. The molecule has 4 aliphatic heterocycles. The number of imidazole rings is 2. The van der Waals surface area contributed by atoms with E-state index in [9.17, 15) is 24.9 Å². The molecule has 0 saturated carbocycles. The number of aliphatic hydroxyl groups is 3. The first-order chi connectivity index (χ1) is 42.6. The first-order valence-corrected chi connectivity index (χ1v) is 39.6. The molecule has 2 amide bonds. The van der Waals surface area contributed by atoms with Gasteiger partial charge in [-0.1, -0.05) is 153 Å². The molecule has 0 bridgehead atoms. The zero-order valence-corrected chi connectivity index (χ0v) is 59.0. The molecular weight excluding hydrogens is 1220 g/mol. The van der Waals surface area contributed by atoms with Gasteiger partial charge in [0.15, 0.2) is 46.4 Å². The lowest BCUT2D eigenvalue weighted by Gasteiger charge is -2.52. The van der Waals surface area contributed by atoms with E-state index in [1.54, 1.807) is 70.1 Å². The van der Waals surface area contributed by atoms with Crippen LogP contribution < -0.4 is 10.6 Å². The Balaban J connectivity index is 0.000000213. The molecule has 27 heteroatoms. The first kappa shape index (κ1) is 69.0.